The van der Waals surface area contributed by atoms with Crippen LogP contribution in [0.3, 0.4) is 0 Å². The summed E-state index contributed by atoms with van der Waals surface area (Å²) in [6.07, 6.45) is 2.23. The SMILES string of the molecule is CCCCSc1nc2n(n1)[C@H](c1ccc(Cl)cc1)C(C(=O)OCC)=C(C)N2. The smallest absolute Gasteiger partial charge is 0.338 e. The second-order valence-electron chi connectivity index (χ2n) is 6.20. The van der Waals surface area contributed by atoms with Gasteiger partial charge in [-0.3, -0.25) is 0 Å². The van der Waals surface area contributed by atoms with Crippen LogP contribution in [0.15, 0.2) is 40.7 Å². The van der Waals surface area contributed by atoms with Crippen molar-refractivity contribution in [3.63, 3.8) is 0 Å². The van der Waals surface area contributed by atoms with Gasteiger partial charge in [0, 0.05) is 16.5 Å². The van der Waals surface area contributed by atoms with Crippen molar-refractivity contribution in [3.05, 3.63) is 46.1 Å². The minimum atomic E-state index is -0.411. The average molecular weight is 407 g/mol. The zero-order valence-electron chi connectivity index (χ0n) is 15.7. The van der Waals surface area contributed by atoms with Crippen LogP contribution in [0.2, 0.25) is 5.02 Å². The number of halogens is 1. The van der Waals surface area contributed by atoms with Gasteiger partial charge in [0.1, 0.15) is 6.04 Å². The standard InChI is InChI=1S/C19H23ClN4O2S/c1-4-6-11-27-19-22-18-21-12(3)15(17(25)26-5-2)16(24(18)23-19)13-7-9-14(20)10-8-13/h7-10,16H,4-6,11H2,1-3H3,(H,21,22,23)/t16-/m1/s1. The Kier molecular flexibility index (Phi) is 6.44. The number of nitrogens with one attached hydrogen (secondary N) is 1. The van der Waals surface area contributed by atoms with E-state index in [1.54, 1.807) is 23.4 Å². The van der Waals surface area contributed by atoms with Gasteiger partial charge in [0.15, 0.2) is 0 Å². The Morgan fingerprint density at radius 2 is 2.07 bits per heavy atom. The predicted molar refractivity (Wildman–Crippen MR) is 108 cm³/mol. The molecule has 0 amide bonds. The van der Waals surface area contributed by atoms with E-state index in [9.17, 15) is 4.79 Å². The number of hydrogen-bond donors (Lipinski definition) is 1. The zero-order valence-corrected chi connectivity index (χ0v) is 17.2. The molecule has 1 aromatic heterocycles. The number of fused-ring (bicyclic) bond motifs is 1. The molecule has 3 rings (SSSR count). The molecular formula is C19H23ClN4O2S. The second-order valence-corrected chi connectivity index (χ2v) is 7.70. The minimum absolute atomic E-state index is 0.311. The monoisotopic (exact) mass is 406 g/mol. The summed E-state index contributed by atoms with van der Waals surface area (Å²) in [5.74, 6) is 1.23. The number of carbonyl (C=O) groups excluding carboxylic acids is 1. The van der Waals surface area contributed by atoms with E-state index in [1.807, 2.05) is 31.2 Å². The van der Waals surface area contributed by atoms with Gasteiger partial charge < -0.3 is 10.1 Å². The fraction of sp³-hybridized carbons (Fsp3) is 0.421. The highest BCUT2D eigenvalue weighted by Crippen LogP contribution is 2.37. The molecule has 0 saturated carbocycles. The number of aromatic nitrogens is 3. The number of benzene rings is 1. The summed E-state index contributed by atoms with van der Waals surface area (Å²) in [6.45, 7) is 6.12. The lowest BCUT2D eigenvalue weighted by molar-refractivity contribution is -0.139. The first kappa shape index (κ1) is 19.8. The fourth-order valence-electron chi connectivity index (χ4n) is 2.93. The third kappa shape index (κ3) is 4.30. The molecule has 0 aliphatic carbocycles. The Bertz CT molecular complexity index is 848. The number of allylic oxidation sites excluding steroid dienone is 1. The van der Waals surface area contributed by atoms with Gasteiger partial charge in [0.2, 0.25) is 11.1 Å². The van der Waals surface area contributed by atoms with Gasteiger partial charge in [-0.15, -0.1) is 5.10 Å². The molecular weight excluding hydrogens is 384 g/mol. The van der Waals surface area contributed by atoms with Crippen molar-refractivity contribution in [2.75, 3.05) is 17.7 Å². The normalized spacial score (nSPS) is 16.1. The van der Waals surface area contributed by atoms with E-state index in [0.717, 1.165) is 29.9 Å². The summed E-state index contributed by atoms with van der Waals surface area (Å²) in [5.41, 5.74) is 2.15. The highest BCUT2D eigenvalue weighted by molar-refractivity contribution is 7.99. The molecule has 27 heavy (non-hydrogen) atoms. The van der Waals surface area contributed by atoms with E-state index < -0.39 is 6.04 Å². The van der Waals surface area contributed by atoms with Gasteiger partial charge in [0.25, 0.3) is 0 Å². The van der Waals surface area contributed by atoms with Crippen LogP contribution in [0, 0.1) is 0 Å². The Balaban J connectivity index is 2.03. The number of rotatable bonds is 7. The molecule has 2 heterocycles. The lowest BCUT2D eigenvalue weighted by Crippen LogP contribution is -2.29. The number of thioether (sulfide) groups is 1. The van der Waals surface area contributed by atoms with E-state index in [2.05, 4.69) is 22.3 Å². The molecule has 144 valence electrons. The maximum Gasteiger partial charge on any atom is 0.338 e. The van der Waals surface area contributed by atoms with E-state index >= 15 is 0 Å². The largest absolute Gasteiger partial charge is 0.463 e. The Morgan fingerprint density at radius 3 is 2.74 bits per heavy atom. The minimum Gasteiger partial charge on any atom is -0.463 e. The van der Waals surface area contributed by atoms with Gasteiger partial charge >= 0.3 is 5.97 Å². The Morgan fingerprint density at radius 1 is 1.33 bits per heavy atom. The Labute approximate surface area is 168 Å². The first-order valence-corrected chi connectivity index (χ1v) is 10.4. The summed E-state index contributed by atoms with van der Waals surface area (Å²) in [7, 11) is 0. The van der Waals surface area contributed by atoms with Crippen molar-refractivity contribution in [1.29, 1.82) is 0 Å². The molecule has 1 N–H and O–H groups in total. The predicted octanol–water partition coefficient (Wildman–Crippen LogP) is 4.68. The summed E-state index contributed by atoms with van der Waals surface area (Å²) >= 11 is 7.67. The van der Waals surface area contributed by atoms with Crippen molar-refractivity contribution in [3.8, 4) is 0 Å². The second kappa shape index (κ2) is 8.80. The molecule has 1 aromatic carbocycles. The molecule has 2 aromatic rings. The van der Waals surface area contributed by atoms with Gasteiger partial charge in [-0.1, -0.05) is 48.8 Å². The van der Waals surface area contributed by atoms with E-state index in [0.29, 0.717) is 28.3 Å². The molecule has 0 saturated heterocycles. The lowest BCUT2D eigenvalue weighted by Gasteiger charge is -2.28. The summed E-state index contributed by atoms with van der Waals surface area (Å²) in [6, 6.07) is 7.01. The van der Waals surface area contributed by atoms with Gasteiger partial charge in [-0.05, 0) is 38.0 Å². The highest BCUT2D eigenvalue weighted by atomic mass is 35.5. The topological polar surface area (TPSA) is 69.0 Å². The van der Waals surface area contributed by atoms with Crippen molar-refractivity contribution in [2.45, 2.75) is 44.8 Å². The molecule has 0 radical (unpaired) electrons. The van der Waals surface area contributed by atoms with Crippen LogP contribution in [0.1, 0.15) is 45.2 Å². The van der Waals surface area contributed by atoms with Crippen LogP contribution in [0.4, 0.5) is 5.95 Å². The third-order valence-corrected chi connectivity index (χ3v) is 5.42. The van der Waals surface area contributed by atoms with Crippen LogP contribution in [-0.2, 0) is 9.53 Å². The van der Waals surface area contributed by atoms with Gasteiger partial charge in [-0.25, -0.2) is 9.48 Å². The lowest BCUT2D eigenvalue weighted by atomic mass is 9.96. The van der Waals surface area contributed by atoms with Gasteiger partial charge in [0.05, 0.1) is 12.2 Å². The molecule has 0 bridgehead atoms. The number of hydrogen-bond acceptors (Lipinski definition) is 6. The van der Waals surface area contributed by atoms with Crippen molar-refractivity contribution in [2.24, 2.45) is 0 Å². The van der Waals surface area contributed by atoms with Crippen molar-refractivity contribution in [1.82, 2.24) is 14.8 Å². The molecule has 1 aliphatic rings. The summed E-state index contributed by atoms with van der Waals surface area (Å²) in [5, 5.41) is 9.20. The van der Waals surface area contributed by atoms with Crippen LogP contribution >= 0.6 is 23.4 Å². The molecule has 6 nitrogen and oxygen atoms in total. The summed E-state index contributed by atoms with van der Waals surface area (Å²) < 4.78 is 7.06. The average Bonchev–Trinajstić information content (AvgIpc) is 3.04. The van der Waals surface area contributed by atoms with E-state index in [-0.39, 0.29) is 5.97 Å². The molecule has 0 spiro atoms. The zero-order chi connectivity index (χ0) is 19.4. The number of ether oxygens (including phenoxy) is 1. The molecule has 1 aliphatic heterocycles. The molecule has 1 atom stereocenters. The Hall–Kier alpha value is -1.99. The van der Waals surface area contributed by atoms with Crippen LogP contribution in [0.25, 0.3) is 0 Å². The molecule has 0 fully saturated rings. The quantitative estimate of drug-likeness (QED) is 0.409. The molecule has 8 heteroatoms. The van der Waals surface area contributed by atoms with Crippen molar-refractivity contribution >= 4 is 35.3 Å². The maximum absolute atomic E-state index is 12.7. The van der Waals surface area contributed by atoms with Crippen LogP contribution in [0.5, 0.6) is 0 Å². The van der Waals surface area contributed by atoms with Crippen molar-refractivity contribution < 1.29 is 9.53 Å². The first-order chi connectivity index (χ1) is 13.0. The van der Waals surface area contributed by atoms with Crippen LogP contribution < -0.4 is 5.32 Å². The summed E-state index contributed by atoms with van der Waals surface area (Å²) in [4.78, 5) is 17.3. The van der Waals surface area contributed by atoms with Gasteiger partial charge in [-0.2, -0.15) is 4.98 Å². The number of nitrogens with zero attached hydrogens (tertiary/aromatic N) is 3. The van der Waals surface area contributed by atoms with E-state index in [4.69, 9.17) is 16.3 Å². The first-order valence-electron chi connectivity index (χ1n) is 9.04. The van der Waals surface area contributed by atoms with Crippen LogP contribution in [-0.4, -0.2) is 33.1 Å². The third-order valence-electron chi connectivity index (χ3n) is 4.24. The number of esters is 1. The maximum atomic E-state index is 12.7. The number of carbonyl (C=O) groups is 1. The van der Waals surface area contributed by atoms with E-state index in [1.165, 1.54) is 0 Å². The fourth-order valence-corrected chi connectivity index (χ4v) is 3.97. The highest BCUT2D eigenvalue weighted by Gasteiger charge is 2.35. The number of unbranched alkanes of at least 4 members (excludes halogenated alkanes) is 1. The molecule has 0 unspecified atom stereocenters. The number of anilines is 1.